The number of rotatable bonds is 6. The summed E-state index contributed by atoms with van der Waals surface area (Å²) in [4.78, 5) is 0. The van der Waals surface area contributed by atoms with Crippen LogP contribution in [0.2, 0.25) is 25.7 Å². The summed E-state index contributed by atoms with van der Waals surface area (Å²) in [6.07, 6.45) is -0.224. The van der Waals surface area contributed by atoms with Gasteiger partial charge in [-0.1, -0.05) is 50.0 Å². The molecule has 0 saturated carbocycles. The number of ether oxygens (including phenoxy) is 2. The first-order chi connectivity index (χ1) is 7.53. The van der Waals surface area contributed by atoms with Crippen LogP contribution in [0.25, 0.3) is 0 Å². The van der Waals surface area contributed by atoms with Gasteiger partial charge in [-0.05, 0) is 6.04 Å². The van der Waals surface area contributed by atoms with Gasteiger partial charge in [0.05, 0.1) is 0 Å². The van der Waals surface area contributed by atoms with Gasteiger partial charge in [-0.15, -0.1) is 0 Å². The Morgan fingerprint density at radius 3 is 2.25 bits per heavy atom. The lowest BCUT2D eigenvalue weighted by Crippen LogP contribution is -2.22. The van der Waals surface area contributed by atoms with Crippen LogP contribution < -0.4 is 0 Å². The second-order valence-corrected chi connectivity index (χ2v) is 10.8. The number of methoxy groups -OCH3 is 1. The van der Waals surface area contributed by atoms with E-state index in [1.807, 2.05) is 30.3 Å². The van der Waals surface area contributed by atoms with E-state index < -0.39 is 8.07 Å². The predicted octanol–water partition coefficient (Wildman–Crippen LogP) is 3.69. The van der Waals surface area contributed by atoms with E-state index in [-0.39, 0.29) is 6.29 Å². The van der Waals surface area contributed by atoms with Gasteiger partial charge in [-0.2, -0.15) is 0 Å². The highest BCUT2D eigenvalue weighted by molar-refractivity contribution is 6.76. The first kappa shape index (κ1) is 13.4. The minimum Gasteiger partial charge on any atom is -0.352 e. The lowest BCUT2D eigenvalue weighted by atomic mass is 10.2. The van der Waals surface area contributed by atoms with Gasteiger partial charge >= 0.3 is 0 Å². The molecule has 0 spiro atoms. The molecule has 0 aliphatic carbocycles. The van der Waals surface area contributed by atoms with E-state index >= 15 is 0 Å². The summed E-state index contributed by atoms with van der Waals surface area (Å²) in [7, 11) is 0.668. The average molecular weight is 238 g/mol. The molecule has 0 fully saturated rings. The molecular weight excluding hydrogens is 216 g/mol. The van der Waals surface area contributed by atoms with Crippen molar-refractivity contribution in [2.75, 3.05) is 13.7 Å². The largest absolute Gasteiger partial charge is 0.352 e. The van der Waals surface area contributed by atoms with Gasteiger partial charge in [0.15, 0.2) is 6.29 Å². The third kappa shape index (κ3) is 4.92. The fourth-order valence-electron chi connectivity index (χ4n) is 1.38. The number of hydrogen-bond acceptors (Lipinski definition) is 2. The van der Waals surface area contributed by atoms with E-state index in [1.165, 1.54) is 6.04 Å². The molecule has 0 N–H and O–H groups in total. The Hall–Kier alpha value is -0.643. The van der Waals surface area contributed by atoms with Crippen LogP contribution in [0.1, 0.15) is 11.9 Å². The SMILES string of the molecule is COC(OCC[Si](C)(C)C)c1ccccc1. The number of hydrogen-bond donors (Lipinski definition) is 0. The summed E-state index contributed by atoms with van der Waals surface area (Å²) in [5, 5.41) is 0. The van der Waals surface area contributed by atoms with E-state index in [4.69, 9.17) is 9.47 Å². The topological polar surface area (TPSA) is 18.5 Å². The lowest BCUT2D eigenvalue weighted by molar-refractivity contribution is -0.124. The summed E-state index contributed by atoms with van der Waals surface area (Å²) in [5.74, 6) is 0. The summed E-state index contributed by atoms with van der Waals surface area (Å²) >= 11 is 0. The smallest absolute Gasteiger partial charge is 0.183 e. The maximum Gasteiger partial charge on any atom is 0.183 e. The Balaban J connectivity index is 2.45. The Morgan fingerprint density at radius 2 is 1.75 bits per heavy atom. The fourth-order valence-corrected chi connectivity index (χ4v) is 2.11. The molecule has 1 rings (SSSR count). The van der Waals surface area contributed by atoms with Gasteiger partial charge in [-0.25, -0.2) is 0 Å². The fraction of sp³-hybridized carbons (Fsp3) is 0.538. The van der Waals surface area contributed by atoms with Crippen LogP contribution in [0.3, 0.4) is 0 Å². The van der Waals surface area contributed by atoms with Crippen molar-refractivity contribution in [3.63, 3.8) is 0 Å². The van der Waals surface area contributed by atoms with Gasteiger partial charge in [0.2, 0.25) is 0 Å². The van der Waals surface area contributed by atoms with Crippen molar-refractivity contribution in [2.45, 2.75) is 32.0 Å². The van der Waals surface area contributed by atoms with Crippen LogP contribution in [-0.4, -0.2) is 21.8 Å². The van der Waals surface area contributed by atoms with Crippen LogP contribution in [0.15, 0.2) is 30.3 Å². The highest BCUT2D eigenvalue weighted by atomic mass is 28.3. The molecule has 2 nitrogen and oxygen atoms in total. The zero-order valence-corrected chi connectivity index (χ0v) is 11.7. The van der Waals surface area contributed by atoms with Crippen LogP contribution in [0.5, 0.6) is 0 Å². The molecule has 90 valence electrons. The van der Waals surface area contributed by atoms with Crippen LogP contribution in [0, 0.1) is 0 Å². The van der Waals surface area contributed by atoms with Gasteiger partial charge < -0.3 is 9.47 Å². The first-order valence-corrected chi connectivity index (χ1v) is 9.43. The molecule has 1 aromatic rings. The van der Waals surface area contributed by atoms with Gasteiger partial charge in [0.1, 0.15) is 0 Å². The molecular formula is C13H22O2Si. The summed E-state index contributed by atoms with van der Waals surface area (Å²) < 4.78 is 11.1. The molecule has 0 aliphatic rings. The standard InChI is InChI=1S/C13H22O2Si/c1-14-13(12-8-6-5-7-9-12)15-10-11-16(2,3)4/h5-9,13H,10-11H2,1-4H3. The predicted molar refractivity (Wildman–Crippen MR) is 70.3 cm³/mol. The molecule has 0 amide bonds. The second-order valence-electron chi connectivity index (χ2n) is 5.16. The first-order valence-electron chi connectivity index (χ1n) is 5.72. The zero-order chi connectivity index (χ0) is 12.0. The summed E-state index contributed by atoms with van der Waals surface area (Å²) in [5.41, 5.74) is 1.08. The van der Waals surface area contributed by atoms with E-state index in [2.05, 4.69) is 19.6 Å². The Bertz CT molecular complexity index is 293. The van der Waals surface area contributed by atoms with Crippen LogP contribution in [0.4, 0.5) is 0 Å². The monoisotopic (exact) mass is 238 g/mol. The molecule has 0 aromatic heterocycles. The second kappa shape index (κ2) is 6.18. The minimum atomic E-state index is -1.02. The van der Waals surface area contributed by atoms with Crippen molar-refractivity contribution in [1.82, 2.24) is 0 Å². The van der Waals surface area contributed by atoms with Gasteiger partial charge in [0.25, 0.3) is 0 Å². The van der Waals surface area contributed by atoms with Crippen LogP contribution >= 0.6 is 0 Å². The molecule has 0 saturated heterocycles. The minimum absolute atomic E-state index is 0.224. The highest BCUT2D eigenvalue weighted by Crippen LogP contribution is 2.19. The van der Waals surface area contributed by atoms with E-state index in [9.17, 15) is 0 Å². The maximum atomic E-state index is 5.77. The summed E-state index contributed by atoms with van der Waals surface area (Å²) in [6, 6.07) is 11.2. The molecule has 0 heterocycles. The van der Waals surface area contributed by atoms with Crippen molar-refractivity contribution in [3.8, 4) is 0 Å². The van der Waals surface area contributed by atoms with Crippen molar-refractivity contribution >= 4 is 8.07 Å². The third-order valence-electron chi connectivity index (χ3n) is 2.41. The van der Waals surface area contributed by atoms with Crippen LogP contribution in [-0.2, 0) is 9.47 Å². The normalized spacial score (nSPS) is 13.8. The zero-order valence-electron chi connectivity index (χ0n) is 10.7. The number of benzene rings is 1. The van der Waals surface area contributed by atoms with E-state index in [0.717, 1.165) is 12.2 Å². The van der Waals surface area contributed by atoms with Crippen molar-refractivity contribution in [3.05, 3.63) is 35.9 Å². The Kier molecular flexibility index (Phi) is 5.18. The van der Waals surface area contributed by atoms with E-state index in [0.29, 0.717) is 0 Å². The third-order valence-corrected chi connectivity index (χ3v) is 4.11. The molecule has 0 aliphatic heterocycles. The average Bonchev–Trinajstić information content (AvgIpc) is 2.24. The maximum absolute atomic E-state index is 5.77. The van der Waals surface area contributed by atoms with Gasteiger partial charge in [-0.3, -0.25) is 0 Å². The van der Waals surface area contributed by atoms with E-state index in [1.54, 1.807) is 7.11 Å². The highest BCUT2D eigenvalue weighted by Gasteiger charge is 2.15. The molecule has 1 unspecified atom stereocenters. The molecule has 1 aromatic carbocycles. The quantitative estimate of drug-likeness (QED) is 0.556. The lowest BCUT2D eigenvalue weighted by Gasteiger charge is -2.20. The molecule has 1 atom stereocenters. The molecule has 0 radical (unpaired) electrons. The van der Waals surface area contributed by atoms with Crippen molar-refractivity contribution < 1.29 is 9.47 Å². The van der Waals surface area contributed by atoms with Gasteiger partial charge in [0, 0.05) is 27.4 Å². The molecule has 0 bridgehead atoms. The Labute approximate surface area is 99.6 Å². The molecule has 16 heavy (non-hydrogen) atoms. The Morgan fingerprint density at radius 1 is 1.12 bits per heavy atom. The van der Waals surface area contributed by atoms with Crippen molar-refractivity contribution in [2.24, 2.45) is 0 Å². The molecule has 3 heteroatoms. The summed E-state index contributed by atoms with van der Waals surface area (Å²) in [6.45, 7) is 7.82. The van der Waals surface area contributed by atoms with Crippen molar-refractivity contribution in [1.29, 1.82) is 0 Å².